The lowest BCUT2D eigenvalue weighted by Gasteiger charge is -2.15. The van der Waals surface area contributed by atoms with Gasteiger partial charge in [0.2, 0.25) is 0 Å². The molecule has 170 valence electrons. The number of halogens is 1. The van der Waals surface area contributed by atoms with E-state index in [-0.39, 0.29) is 24.3 Å². The molecule has 3 aromatic rings. The third kappa shape index (κ3) is 4.95. The van der Waals surface area contributed by atoms with Crippen molar-refractivity contribution in [3.8, 4) is 16.5 Å². The van der Waals surface area contributed by atoms with Gasteiger partial charge in [-0.2, -0.15) is 5.10 Å². The maximum atomic E-state index is 13.8. The molecule has 3 aromatic heterocycles. The number of carbonyl (C=O) groups is 1. The molecular weight excluding hydrogens is 435 g/mol. The number of methoxy groups -OCH3 is 1. The van der Waals surface area contributed by atoms with E-state index in [4.69, 9.17) is 15.2 Å². The number of nitrogens with one attached hydrogen (secondary N) is 2. The monoisotopic (exact) mass is 460 g/mol. The van der Waals surface area contributed by atoms with Gasteiger partial charge in [0, 0.05) is 17.8 Å². The predicted molar refractivity (Wildman–Crippen MR) is 119 cm³/mol. The first-order valence-corrected chi connectivity index (χ1v) is 11.1. The Bertz CT molecular complexity index is 1080. The molecule has 4 heterocycles. The summed E-state index contributed by atoms with van der Waals surface area (Å²) >= 11 is 1.34. The van der Waals surface area contributed by atoms with Crippen molar-refractivity contribution in [2.75, 3.05) is 19.0 Å². The maximum Gasteiger partial charge on any atom is 0.275 e. The van der Waals surface area contributed by atoms with Crippen LogP contribution in [0.25, 0.3) is 10.7 Å². The molecular formula is C21H25FN6O3S. The van der Waals surface area contributed by atoms with Crippen molar-refractivity contribution in [1.29, 1.82) is 0 Å². The van der Waals surface area contributed by atoms with Crippen molar-refractivity contribution < 1.29 is 18.7 Å². The molecule has 4 N–H and O–H groups in total. The minimum absolute atomic E-state index is 0.0257. The minimum Gasteiger partial charge on any atom is -0.495 e. The molecule has 1 aliphatic rings. The van der Waals surface area contributed by atoms with Crippen LogP contribution in [-0.4, -0.2) is 58.1 Å². The SMILES string of the molecule is COc1cnc(-c2nc(C(=O)Nc3cn[nH]c3C[C@@H]3CC[C@@H](N)[C@H](F)CO3)cs2)c(C)c1. The summed E-state index contributed by atoms with van der Waals surface area (Å²) in [4.78, 5) is 21.6. The van der Waals surface area contributed by atoms with E-state index in [2.05, 4.69) is 25.5 Å². The molecule has 0 radical (unpaired) electrons. The maximum absolute atomic E-state index is 13.8. The highest BCUT2D eigenvalue weighted by atomic mass is 32.1. The van der Waals surface area contributed by atoms with Gasteiger partial charge < -0.3 is 20.5 Å². The minimum atomic E-state index is -1.16. The molecule has 0 aromatic carbocycles. The van der Waals surface area contributed by atoms with Crippen LogP contribution in [0.5, 0.6) is 5.75 Å². The number of pyridine rings is 1. The number of amides is 1. The molecule has 1 aliphatic heterocycles. The van der Waals surface area contributed by atoms with Crippen LogP contribution in [0, 0.1) is 6.92 Å². The summed E-state index contributed by atoms with van der Waals surface area (Å²) in [6.45, 7) is 1.89. The molecule has 32 heavy (non-hydrogen) atoms. The molecule has 9 nitrogen and oxygen atoms in total. The lowest BCUT2D eigenvalue weighted by Crippen LogP contribution is -2.32. The molecule has 0 aliphatic carbocycles. The molecule has 0 spiro atoms. The third-order valence-electron chi connectivity index (χ3n) is 5.40. The first-order chi connectivity index (χ1) is 15.4. The van der Waals surface area contributed by atoms with Crippen LogP contribution in [0.2, 0.25) is 0 Å². The Balaban J connectivity index is 1.43. The summed E-state index contributed by atoms with van der Waals surface area (Å²) in [5.41, 5.74) is 8.93. The zero-order valence-corrected chi connectivity index (χ0v) is 18.6. The number of aromatic nitrogens is 4. The van der Waals surface area contributed by atoms with Crippen LogP contribution in [-0.2, 0) is 11.2 Å². The highest BCUT2D eigenvalue weighted by molar-refractivity contribution is 7.13. The van der Waals surface area contributed by atoms with Crippen molar-refractivity contribution in [2.45, 2.75) is 44.5 Å². The number of thiazole rings is 1. The van der Waals surface area contributed by atoms with Crippen LogP contribution in [0.1, 0.15) is 34.6 Å². The average Bonchev–Trinajstić information content (AvgIpc) is 3.41. The van der Waals surface area contributed by atoms with E-state index >= 15 is 0 Å². The number of alkyl halides is 1. The molecule has 0 bridgehead atoms. The van der Waals surface area contributed by atoms with Gasteiger partial charge in [0.05, 0.1) is 43.6 Å². The third-order valence-corrected chi connectivity index (χ3v) is 6.25. The second-order valence-corrected chi connectivity index (χ2v) is 8.57. The first kappa shape index (κ1) is 22.3. The summed E-state index contributed by atoms with van der Waals surface area (Å²) in [6.07, 6.45) is 3.44. The number of hydrogen-bond donors (Lipinski definition) is 3. The highest BCUT2D eigenvalue weighted by Gasteiger charge is 2.26. The fourth-order valence-corrected chi connectivity index (χ4v) is 4.38. The number of H-pyrrole nitrogens is 1. The highest BCUT2D eigenvalue weighted by Crippen LogP contribution is 2.28. The average molecular weight is 461 g/mol. The Morgan fingerprint density at radius 3 is 3.06 bits per heavy atom. The summed E-state index contributed by atoms with van der Waals surface area (Å²) in [5.74, 6) is 0.309. The lowest BCUT2D eigenvalue weighted by atomic mass is 10.0. The number of anilines is 1. The van der Waals surface area contributed by atoms with Crippen molar-refractivity contribution in [3.63, 3.8) is 0 Å². The van der Waals surface area contributed by atoms with Crippen LogP contribution in [0.3, 0.4) is 0 Å². The van der Waals surface area contributed by atoms with Gasteiger partial charge in [-0.25, -0.2) is 14.4 Å². The standard InChI is InChI=1S/C21H25FN6O3S/c1-11-5-13(30-2)7-24-19(11)21-27-18(10-32-21)20(29)26-17-8-25-28-16(17)6-12-3-4-15(23)14(22)9-31-12/h5,7-8,10,12,14-15H,3-4,6,9,23H2,1-2H3,(H,25,28)(H,26,29)/t12-,14+,15+/m0/s1. The molecule has 1 amide bonds. The van der Waals surface area contributed by atoms with Gasteiger partial charge >= 0.3 is 0 Å². The number of aryl methyl sites for hydroxylation is 1. The number of nitrogens with zero attached hydrogens (tertiary/aromatic N) is 3. The fraction of sp³-hybridized carbons (Fsp3) is 0.429. The normalized spacial score (nSPS) is 21.2. The van der Waals surface area contributed by atoms with Gasteiger partial charge in [-0.05, 0) is 31.4 Å². The zero-order valence-electron chi connectivity index (χ0n) is 17.8. The summed E-state index contributed by atoms with van der Waals surface area (Å²) in [7, 11) is 1.58. The number of aromatic amines is 1. The van der Waals surface area contributed by atoms with Crippen LogP contribution < -0.4 is 15.8 Å². The Hall–Kier alpha value is -2.89. The van der Waals surface area contributed by atoms with Gasteiger partial charge in [0.15, 0.2) is 0 Å². The summed E-state index contributed by atoms with van der Waals surface area (Å²) in [5, 5.41) is 12.1. The molecule has 3 atom stereocenters. The Morgan fingerprint density at radius 2 is 2.28 bits per heavy atom. The molecule has 4 rings (SSSR count). The van der Waals surface area contributed by atoms with Crippen molar-refractivity contribution in [2.24, 2.45) is 5.73 Å². The zero-order chi connectivity index (χ0) is 22.7. The van der Waals surface area contributed by atoms with Gasteiger partial charge in [-0.1, -0.05) is 0 Å². The second kappa shape index (κ2) is 9.72. The second-order valence-electron chi connectivity index (χ2n) is 7.71. The van der Waals surface area contributed by atoms with E-state index in [1.54, 1.807) is 18.7 Å². The molecule has 1 fully saturated rings. The van der Waals surface area contributed by atoms with E-state index in [9.17, 15) is 9.18 Å². The number of rotatable bonds is 6. The smallest absolute Gasteiger partial charge is 0.275 e. The lowest BCUT2D eigenvalue weighted by molar-refractivity contribution is 0.0295. The molecule has 1 saturated heterocycles. The van der Waals surface area contributed by atoms with E-state index in [0.717, 1.165) is 5.56 Å². The van der Waals surface area contributed by atoms with Crippen LogP contribution >= 0.6 is 11.3 Å². The number of hydrogen-bond acceptors (Lipinski definition) is 8. The van der Waals surface area contributed by atoms with E-state index in [0.29, 0.717) is 47.1 Å². The van der Waals surface area contributed by atoms with E-state index < -0.39 is 12.2 Å². The molecule has 11 heteroatoms. The topological polar surface area (TPSA) is 128 Å². The van der Waals surface area contributed by atoms with Gasteiger partial charge in [0.1, 0.15) is 28.3 Å². The molecule has 0 saturated carbocycles. The Kier molecular flexibility index (Phi) is 6.77. The number of nitrogens with two attached hydrogens (primary N) is 1. The summed E-state index contributed by atoms with van der Waals surface area (Å²) in [6, 6.07) is 1.36. The fourth-order valence-electron chi connectivity index (χ4n) is 3.52. The number of carbonyl (C=O) groups excluding carboxylic acids is 1. The van der Waals surface area contributed by atoms with Crippen molar-refractivity contribution in [1.82, 2.24) is 20.2 Å². The van der Waals surface area contributed by atoms with Crippen LogP contribution in [0.15, 0.2) is 23.8 Å². The Labute approximate surface area is 188 Å². The van der Waals surface area contributed by atoms with E-state index in [1.165, 1.54) is 17.5 Å². The van der Waals surface area contributed by atoms with Crippen molar-refractivity contribution >= 4 is 22.9 Å². The quantitative estimate of drug-likeness (QED) is 0.516. The predicted octanol–water partition coefficient (Wildman–Crippen LogP) is 2.88. The first-order valence-electron chi connectivity index (χ1n) is 10.3. The molecule has 0 unspecified atom stereocenters. The van der Waals surface area contributed by atoms with Gasteiger partial charge in [-0.15, -0.1) is 11.3 Å². The Morgan fingerprint density at radius 1 is 1.44 bits per heavy atom. The number of ether oxygens (including phenoxy) is 2. The summed E-state index contributed by atoms with van der Waals surface area (Å²) < 4.78 is 24.6. The largest absolute Gasteiger partial charge is 0.495 e. The van der Waals surface area contributed by atoms with Crippen molar-refractivity contribution in [3.05, 3.63) is 40.8 Å². The van der Waals surface area contributed by atoms with Gasteiger partial charge in [-0.3, -0.25) is 9.89 Å². The van der Waals surface area contributed by atoms with E-state index in [1.807, 2.05) is 13.0 Å². The van der Waals surface area contributed by atoms with Gasteiger partial charge in [0.25, 0.3) is 5.91 Å². The van der Waals surface area contributed by atoms with Crippen LogP contribution in [0.4, 0.5) is 10.1 Å².